The molecule has 0 aliphatic rings. The van der Waals surface area contributed by atoms with Gasteiger partial charge in [-0.05, 0) is 25.1 Å². The van der Waals surface area contributed by atoms with Gasteiger partial charge in [-0.15, -0.1) is 0 Å². The first-order chi connectivity index (χ1) is 6.22. The topological polar surface area (TPSA) is 16.7 Å². The maximum atomic E-state index is 6.66. The number of rotatable bonds is 2. The van der Waals surface area contributed by atoms with Gasteiger partial charge in [0.1, 0.15) is 0 Å². The minimum atomic E-state index is 0.340. The van der Waals surface area contributed by atoms with Crippen molar-refractivity contribution in [3.63, 3.8) is 0 Å². The molecule has 0 saturated carbocycles. The van der Waals surface area contributed by atoms with Crippen molar-refractivity contribution in [2.75, 3.05) is 6.54 Å². The zero-order chi connectivity index (χ0) is 9.68. The van der Waals surface area contributed by atoms with Gasteiger partial charge in [0.05, 0.1) is 11.4 Å². The van der Waals surface area contributed by atoms with Crippen molar-refractivity contribution in [1.29, 1.82) is 0 Å². The van der Waals surface area contributed by atoms with Gasteiger partial charge >= 0.3 is 0 Å². The molecule has 2 nitrogen and oxygen atoms in total. The molecule has 0 atom stereocenters. The second kappa shape index (κ2) is 4.64. The lowest BCUT2D eigenvalue weighted by atomic mass is 10.3. The Kier molecular flexibility index (Phi) is 3.48. The van der Waals surface area contributed by atoms with Gasteiger partial charge in [-0.2, -0.15) is 0 Å². The second-order valence-corrected chi connectivity index (χ2v) is 3.08. The molecule has 1 aromatic carbocycles. The highest BCUT2D eigenvalue weighted by Gasteiger charge is 1.95. The number of hydrogen-bond acceptors (Lipinski definition) is 1. The zero-order valence-corrected chi connectivity index (χ0v) is 8.04. The van der Waals surface area contributed by atoms with E-state index in [9.17, 15) is 0 Å². The van der Waals surface area contributed by atoms with Crippen molar-refractivity contribution < 1.29 is 0 Å². The largest absolute Gasteiger partial charge is 0.310 e. The molecule has 0 unspecified atom stereocenters. The highest BCUT2D eigenvalue weighted by molar-refractivity contribution is 6.30. The average molecular weight is 193 g/mol. The minimum Gasteiger partial charge on any atom is -0.310 e. The fourth-order valence-electron chi connectivity index (χ4n) is 0.916. The molecule has 0 aliphatic carbocycles. The van der Waals surface area contributed by atoms with Crippen LogP contribution in [0.15, 0.2) is 29.3 Å². The number of aliphatic imine (C=N–C) groups is 1. The van der Waals surface area contributed by atoms with Gasteiger partial charge in [0.15, 0.2) is 0 Å². The number of nitrogens with zero attached hydrogens (tertiary/aromatic N) is 2. The Labute approximate surface area is 82.7 Å². The van der Waals surface area contributed by atoms with Gasteiger partial charge in [0.2, 0.25) is 0 Å². The van der Waals surface area contributed by atoms with Crippen molar-refractivity contribution in [1.82, 2.24) is 0 Å². The van der Waals surface area contributed by atoms with E-state index < -0.39 is 0 Å². The van der Waals surface area contributed by atoms with Gasteiger partial charge in [-0.3, -0.25) is 4.99 Å². The Bertz CT molecular complexity index is 363. The summed E-state index contributed by atoms with van der Waals surface area (Å²) in [5.41, 5.74) is 1.60. The van der Waals surface area contributed by atoms with Crippen LogP contribution in [-0.2, 0) is 0 Å². The molecule has 0 amide bonds. The predicted molar refractivity (Wildman–Crippen MR) is 55.7 cm³/mol. The van der Waals surface area contributed by atoms with E-state index in [0.29, 0.717) is 11.6 Å². The summed E-state index contributed by atoms with van der Waals surface area (Å²) in [5, 5.41) is 0.664. The molecule has 0 radical (unpaired) electrons. The molecule has 0 aromatic heterocycles. The summed E-state index contributed by atoms with van der Waals surface area (Å²) in [4.78, 5) is 7.47. The molecule has 1 rings (SSSR count). The van der Waals surface area contributed by atoms with Gasteiger partial charge in [0, 0.05) is 5.02 Å². The summed E-state index contributed by atoms with van der Waals surface area (Å²) in [7, 11) is 0. The molecule has 3 heteroatoms. The summed E-state index contributed by atoms with van der Waals surface area (Å²) in [6.45, 7) is 8.83. The Morgan fingerprint density at radius 1 is 1.62 bits per heavy atom. The Morgan fingerprint density at radius 3 is 3.00 bits per heavy atom. The molecular weight excluding hydrogens is 184 g/mol. The summed E-state index contributed by atoms with van der Waals surface area (Å²) in [5.74, 6) is 0. The molecule has 0 saturated heterocycles. The first kappa shape index (κ1) is 9.76. The van der Waals surface area contributed by atoms with Crippen molar-refractivity contribution in [3.05, 3.63) is 40.7 Å². The normalized spacial score (nSPS) is 11.0. The van der Waals surface area contributed by atoms with E-state index in [0.717, 1.165) is 11.4 Å². The first-order valence-corrected chi connectivity index (χ1v) is 4.23. The average Bonchev–Trinajstić information content (AvgIpc) is 2.04. The SMILES string of the molecule is [C-]#[N+]CC(C)=Nc1cccc(Cl)c1. The van der Waals surface area contributed by atoms with Gasteiger partial charge < -0.3 is 4.85 Å². The fourth-order valence-corrected chi connectivity index (χ4v) is 1.10. The Balaban J connectivity index is 2.86. The van der Waals surface area contributed by atoms with E-state index in [2.05, 4.69) is 9.84 Å². The summed E-state index contributed by atoms with van der Waals surface area (Å²) < 4.78 is 0. The Morgan fingerprint density at radius 2 is 2.38 bits per heavy atom. The van der Waals surface area contributed by atoms with Crippen molar-refractivity contribution in [2.45, 2.75) is 6.92 Å². The van der Waals surface area contributed by atoms with E-state index in [1.54, 1.807) is 12.1 Å². The molecule has 0 bridgehead atoms. The van der Waals surface area contributed by atoms with Gasteiger partial charge in [-0.25, -0.2) is 6.57 Å². The Hall–Kier alpha value is -1.33. The summed E-state index contributed by atoms with van der Waals surface area (Å²) >= 11 is 5.78. The highest BCUT2D eigenvalue weighted by Crippen LogP contribution is 2.17. The van der Waals surface area contributed by atoms with Crippen LogP contribution in [0.2, 0.25) is 5.02 Å². The highest BCUT2D eigenvalue weighted by atomic mass is 35.5. The smallest absolute Gasteiger partial charge is 0.252 e. The lowest BCUT2D eigenvalue weighted by Gasteiger charge is -1.94. The summed E-state index contributed by atoms with van der Waals surface area (Å²) in [6, 6.07) is 7.27. The van der Waals surface area contributed by atoms with E-state index >= 15 is 0 Å². The monoisotopic (exact) mass is 192 g/mol. The maximum Gasteiger partial charge on any atom is 0.252 e. The molecule has 66 valence electrons. The third-order valence-electron chi connectivity index (χ3n) is 1.44. The fraction of sp³-hybridized carbons (Fsp3) is 0.200. The van der Waals surface area contributed by atoms with Crippen LogP contribution >= 0.6 is 11.6 Å². The van der Waals surface area contributed by atoms with Gasteiger partial charge in [0.25, 0.3) is 6.54 Å². The third-order valence-corrected chi connectivity index (χ3v) is 1.67. The van der Waals surface area contributed by atoms with Gasteiger partial charge in [-0.1, -0.05) is 17.7 Å². The predicted octanol–water partition coefficient (Wildman–Crippen LogP) is 3.35. The van der Waals surface area contributed by atoms with Crippen LogP contribution in [0.4, 0.5) is 5.69 Å². The molecular formula is C10H9ClN2. The van der Waals surface area contributed by atoms with Crippen molar-refractivity contribution >= 4 is 23.0 Å². The van der Waals surface area contributed by atoms with Crippen LogP contribution in [0.5, 0.6) is 0 Å². The van der Waals surface area contributed by atoms with Crippen LogP contribution in [0.1, 0.15) is 6.92 Å². The van der Waals surface area contributed by atoms with Crippen LogP contribution in [0, 0.1) is 6.57 Å². The number of benzene rings is 1. The minimum absolute atomic E-state index is 0.340. The summed E-state index contributed by atoms with van der Waals surface area (Å²) in [6.07, 6.45) is 0. The molecule has 1 aromatic rings. The van der Waals surface area contributed by atoms with E-state index in [-0.39, 0.29) is 0 Å². The van der Waals surface area contributed by atoms with Crippen LogP contribution < -0.4 is 0 Å². The molecule has 0 spiro atoms. The number of hydrogen-bond donors (Lipinski definition) is 0. The third kappa shape index (κ3) is 3.27. The van der Waals surface area contributed by atoms with Crippen molar-refractivity contribution in [3.8, 4) is 0 Å². The lowest BCUT2D eigenvalue weighted by molar-refractivity contribution is 1.44. The molecule has 0 N–H and O–H groups in total. The first-order valence-electron chi connectivity index (χ1n) is 3.85. The molecule has 13 heavy (non-hydrogen) atoms. The van der Waals surface area contributed by atoms with Crippen molar-refractivity contribution in [2.24, 2.45) is 4.99 Å². The van der Waals surface area contributed by atoms with E-state index in [4.69, 9.17) is 18.2 Å². The molecule has 0 heterocycles. The molecule has 0 aliphatic heterocycles. The standard InChI is InChI=1S/C10H9ClN2/c1-8(7-12-2)13-10-5-3-4-9(11)6-10/h3-6H,7H2,1H3. The molecule has 0 fully saturated rings. The van der Waals surface area contributed by atoms with Crippen LogP contribution in [0.25, 0.3) is 4.85 Å². The van der Waals surface area contributed by atoms with E-state index in [1.807, 2.05) is 19.1 Å². The van der Waals surface area contributed by atoms with Crippen LogP contribution in [-0.4, -0.2) is 12.3 Å². The second-order valence-electron chi connectivity index (χ2n) is 2.64. The lowest BCUT2D eigenvalue weighted by Crippen LogP contribution is -1.92. The zero-order valence-electron chi connectivity index (χ0n) is 7.29. The van der Waals surface area contributed by atoms with Crippen LogP contribution in [0.3, 0.4) is 0 Å². The van der Waals surface area contributed by atoms with E-state index in [1.165, 1.54) is 0 Å². The maximum absolute atomic E-state index is 6.66. The quantitative estimate of drug-likeness (QED) is 0.505. The number of halogens is 1.